The molecule has 0 N–H and O–H groups in total. The van der Waals surface area contributed by atoms with Gasteiger partial charge in [-0.2, -0.15) is 37.0 Å². The van der Waals surface area contributed by atoms with Gasteiger partial charge in [-0.05, 0) is 18.3 Å². The van der Waals surface area contributed by atoms with Crippen LogP contribution in [0.1, 0.15) is 6.42 Å². The molecule has 4 bridgehead atoms. The molecule has 2 saturated heterocycles. The molecule has 0 radical (unpaired) electrons. The van der Waals surface area contributed by atoms with Crippen LogP contribution in [0.2, 0.25) is 0 Å². The number of thiol groups is 2. The summed E-state index contributed by atoms with van der Waals surface area (Å²) in [6.45, 7) is 0. The van der Waals surface area contributed by atoms with Gasteiger partial charge in [-0.3, -0.25) is 0 Å². The number of hydrogen-bond donors (Lipinski definition) is 2. The summed E-state index contributed by atoms with van der Waals surface area (Å²) in [7, 11) is 0. The number of rotatable bonds is 0. The van der Waals surface area contributed by atoms with E-state index in [0.29, 0.717) is 10.5 Å². The summed E-state index contributed by atoms with van der Waals surface area (Å²) in [5.41, 5.74) is 0. The van der Waals surface area contributed by atoms with Gasteiger partial charge in [0.15, 0.2) is 0 Å². The molecule has 2 saturated carbocycles. The minimum atomic E-state index is 0.711. The van der Waals surface area contributed by atoms with Crippen molar-refractivity contribution in [2.75, 3.05) is 0 Å². The minimum absolute atomic E-state index is 0.711. The molecule has 0 spiro atoms. The monoisotopic (exact) mass is 190 g/mol. The van der Waals surface area contributed by atoms with Crippen LogP contribution in [0.4, 0.5) is 0 Å². The van der Waals surface area contributed by atoms with Crippen LogP contribution in [0, 0.1) is 11.8 Å². The predicted octanol–water partition coefficient (Wildman–Crippen LogP) is 1.72. The zero-order valence-electron chi connectivity index (χ0n) is 5.47. The van der Waals surface area contributed by atoms with Crippen LogP contribution in [0.3, 0.4) is 0 Å². The fourth-order valence-corrected chi connectivity index (χ4v) is 6.55. The average Bonchev–Trinajstić information content (AvgIpc) is 2.55. The van der Waals surface area contributed by atoms with E-state index in [1.807, 2.05) is 0 Å². The zero-order chi connectivity index (χ0) is 6.88. The summed E-state index contributed by atoms with van der Waals surface area (Å²) in [5, 5.41) is 3.15. The van der Waals surface area contributed by atoms with Crippen molar-refractivity contribution in [2.45, 2.75) is 27.4 Å². The third-order valence-electron chi connectivity index (χ3n) is 3.25. The van der Waals surface area contributed by atoms with Gasteiger partial charge in [0.25, 0.3) is 0 Å². The molecule has 4 rings (SSSR count). The second-order valence-electron chi connectivity index (χ2n) is 3.61. The topological polar surface area (TPSA) is 0 Å². The van der Waals surface area contributed by atoms with E-state index in [9.17, 15) is 0 Å². The molecule has 0 aromatic heterocycles. The lowest BCUT2D eigenvalue weighted by Crippen LogP contribution is -2.27. The SMILES string of the molecule is SC1C2CC3C(S)C2SC13. The summed E-state index contributed by atoms with van der Waals surface area (Å²) in [6.07, 6.45) is 1.42. The summed E-state index contributed by atoms with van der Waals surface area (Å²) >= 11 is 11.4. The third-order valence-corrected chi connectivity index (χ3v) is 6.98. The van der Waals surface area contributed by atoms with Crippen LogP contribution in [0.5, 0.6) is 0 Å². The summed E-state index contributed by atoms with van der Waals surface area (Å²) < 4.78 is 0. The lowest BCUT2D eigenvalue weighted by atomic mass is 10.00. The number of thioether (sulfide) groups is 1. The highest BCUT2D eigenvalue weighted by Crippen LogP contribution is 2.65. The molecule has 2 aliphatic carbocycles. The molecule has 10 heavy (non-hydrogen) atoms. The van der Waals surface area contributed by atoms with Gasteiger partial charge in [0.05, 0.1) is 0 Å². The van der Waals surface area contributed by atoms with E-state index in [0.717, 1.165) is 22.3 Å². The van der Waals surface area contributed by atoms with Crippen molar-refractivity contribution >= 4 is 37.0 Å². The molecule has 2 aliphatic heterocycles. The quantitative estimate of drug-likeness (QED) is 0.548. The maximum atomic E-state index is 4.62. The van der Waals surface area contributed by atoms with E-state index in [2.05, 4.69) is 37.0 Å². The van der Waals surface area contributed by atoms with Gasteiger partial charge >= 0.3 is 0 Å². The lowest BCUT2D eigenvalue weighted by Gasteiger charge is -2.18. The van der Waals surface area contributed by atoms with Crippen LogP contribution >= 0.6 is 37.0 Å². The average molecular weight is 190 g/mol. The Morgan fingerprint density at radius 2 is 1.50 bits per heavy atom. The van der Waals surface area contributed by atoms with Gasteiger partial charge in [0.1, 0.15) is 0 Å². The third kappa shape index (κ3) is 0.537. The maximum Gasteiger partial charge on any atom is 0.0209 e. The van der Waals surface area contributed by atoms with E-state index < -0.39 is 0 Å². The largest absolute Gasteiger partial charge is 0.174 e. The first-order valence-corrected chi connectivity index (χ1v) is 5.78. The van der Waals surface area contributed by atoms with Gasteiger partial charge in [-0.25, -0.2) is 0 Å². The van der Waals surface area contributed by atoms with Crippen molar-refractivity contribution in [1.82, 2.24) is 0 Å². The van der Waals surface area contributed by atoms with Crippen molar-refractivity contribution < 1.29 is 0 Å². The van der Waals surface area contributed by atoms with Gasteiger partial charge in [-0.15, -0.1) is 0 Å². The smallest absolute Gasteiger partial charge is 0.0209 e. The molecule has 0 nitrogen and oxygen atoms in total. The molecule has 4 fully saturated rings. The van der Waals surface area contributed by atoms with Gasteiger partial charge < -0.3 is 0 Å². The van der Waals surface area contributed by atoms with Crippen molar-refractivity contribution in [2.24, 2.45) is 11.8 Å². The van der Waals surface area contributed by atoms with Crippen molar-refractivity contribution in [3.63, 3.8) is 0 Å². The highest BCUT2D eigenvalue weighted by atomic mass is 32.2. The molecule has 3 heteroatoms. The Hall–Kier alpha value is 1.05. The fraction of sp³-hybridized carbons (Fsp3) is 1.00. The minimum Gasteiger partial charge on any atom is -0.174 e. The molecule has 0 amide bonds. The Morgan fingerprint density at radius 1 is 1.00 bits per heavy atom. The highest BCUT2D eigenvalue weighted by Gasteiger charge is 2.63. The first-order valence-electron chi connectivity index (χ1n) is 3.80. The molecule has 6 atom stereocenters. The first-order chi connectivity index (χ1) is 4.79. The molecule has 4 aliphatic rings. The zero-order valence-corrected chi connectivity index (χ0v) is 8.08. The van der Waals surface area contributed by atoms with Crippen LogP contribution in [-0.4, -0.2) is 21.0 Å². The van der Waals surface area contributed by atoms with Crippen molar-refractivity contribution in [3.8, 4) is 0 Å². The Balaban J connectivity index is 2.05. The molecular formula is C7H10S3. The second-order valence-corrected chi connectivity index (χ2v) is 6.16. The number of hydrogen-bond acceptors (Lipinski definition) is 3. The Bertz CT molecular complexity index is 146. The van der Waals surface area contributed by atoms with E-state index >= 15 is 0 Å². The molecule has 56 valence electrons. The highest BCUT2D eigenvalue weighted by molar-refractivity contribution is 8.03. The van der Waals surface area contributed by atoms with E-state index in [1.165, 1.54) is 6.42 Å². The van der Waals surface area contributed by atoms with E-state index in [4.69, 9.17) is 0 Å². The van der Waals surface area contributed by atoms with Crippen LogP contribution in [0.15, 0.2) is 0 Å². The fourth-order valence-electron chi connectivity index (χ4n) is 2.79. The van der Waals surface area contributed by atoms with Crippen molar-refractivity contribution in [1.29, 1.82) is 0 Å². The molecular weight excluding hydrogens is 180 g/mol. The lowest BCUT2D eigenvalue weighted by molar-refractivity contribution is 0.580. The normalized spacial score (nSPS) is 70.2. The molecule has 6 unspecified atom stereocenters. The molecule has 2 heterocycles. The van der Waals surface area contributed by atoms with Crippen molar-refractivity contribution in [3.05, 3.63) is 0 Å². The van der Waals surface area contributed by atoms with E-state index in [-0.39, 0.29) is 0 Å². The second kappa shape index (κ2) is 1.86. The molecule has 0 aromatic rings. The predicted molar refractivity (Wildman–Crippen MR) is 52.3 cm³/mol. The van der Waals surface area contributed by atoms with Gasteiger partial charge in [-0.1, -0.05) is 0 Å². The summed E-state index contributed by atoms with van der Waals surface area (Å²) in [4.78, 5) is 0. The van der Waals surface area contributed by atoms with Crippen LogP contribution < -0.4 is 0 Å². The Morgan fingerprint density at radius 3 is 1.70 bits per heavy atom. The summed E-state index contributed by atoms with van der Waals surface area (Å²) in [5.74, 6) is 1.82. The molecule has 0 aromatic carbocycles. The Kier molecular flexibility index (Phi) is 1.22. The van der Waals surface area contributed by atoms with Gasteiger partial charge in [0.2, 0.25) is 0 Å². The first kappa shape index (κ1) is 6.55. The Labute approximate surface area is 76.3 Å². The van der Waals surface area contributed by atoms with Crippen LogP contribution in [0.25, 0.3) is 0 Å². The standard InChI is InChI=1S/C7H10S3/c8-4-2-1-3-5(9)6(2)10-7(3)4/h2-9H,1H2. The van der Waals surface area contributed by atoms with Crippen LogP contribution in [-0.2, 0) is 0 Å². The summed E-state index contributed by atoms with van der Waals surface area (Å²) in [6, 6.07) is 0. The van der Waals surface area contributed by atoms with Gasteiger partial charge in [0, 0.05) is 21.0 Å². The maximum absolute atomic E-state index is 4.62. The van der Waals surface area contributed by atoms with E-state index in [1.54, 1.807) is 0 Å².